The molecule has 4 bridgehead atoms. The fourth-order valence-electron chi connectivity index (χ4n) is 4.95. The molecule has 0 spiro atoms. The topological polar surface area (TPSA) is 74.1 Å². The van der Waals surface area contributed by atoms with E-state index >= 15 is 0 Å². The zero-order chi connectivity index (χ0) is 18.5. The lowest BCUT2D eigenvalue weighted by Crippen LogP contribution is -2.68. The number of hydrogen-bond donors (Lipinski definition) is 1. The fraction of sp³-hybridized carbons (Fsp3) is 0.450. The van der Waals surface area contributed by atoms with E-state index in [4.69, 9.17) is 10.00 Å². The Balaban J connectivity index is 1.46. The molecule has 5 heterocycles. The van der Waals surface area contributed by atoms with Crippen LogP contribution in [0.25, 0.3) is 0 Å². The van der Waals surface area contributed by atoms with E-state index in [0.717, 1.165) is 37.1 Å². The van der Waals surface area contributed by atoms with Crippen molar-refractivity contribution in [2.75, 3.05) is 4.90 Å². The maximum atomic E-state index is 14.2. The molecule has 1 aromatic heterocycles. The number of ether oxygens (including phenoxy) is 1. The molecule has 7 heteroatoms. The summed E-state index contributed by atoms with van der Waals surface area (Å²) in [6, 6.07) is 8.30. The predicted molar refractivity (Wildman–Crippen MR) is 97.2 cm³/mol. The first-order valence-corrected chi connectivity index (χ1v) is 9.36. The average Bonchev–Trinajstić information content (AvgIpc) is 2.65. The van der Waals surface area contributed by atoms with Gasteiger partial charge in [0.2, 0.25) is 5.88 Å². The van der Waals surface area contributed by atoms with Gasteiger partial charge >= 0.3 is 0 Å². The Morgan fingerprint density at radius 2 is 1.89 bits per heavy atom. The minimum Gasteiger partial charge on any atom is -0.435 e. The van der Waals surface area contributed by atoms with Gasteiger partial charge in [-0.2, -0.15) is 5.26 Å². The van der Waals surface area contributed by atoms with Crippen molar-refractivity contribution in [1.82, 2.24) is 15.3 Å². The Morgan fingerprint density at radius 3 is 2.52 bits per heavy atom. The number of halogens is 1. The summed E-state index contributed by atoms with van der Waals surface area (Å²) < 4.78 is 20.0. The molecular formula is C20H20FN5O. The Hall–Kier alpha value is -2.72. The van der Waals surface area contributed by atoms with Gasteiger partial charge in [-0.25, -0.2) is 14.4 Å². The van der Waals surface area contributed by atoms with Crippen molar-refractivity contribution in [2.24, 2.45) is 0 Å². The van der Waals surface area contributed by atoms with Crippen molar-refractivity contribution in [1.29, 1.82) is 5.26 Å². The van der Waals surface area contributed by atoms with Crippen molar-refractivity contribution < 1.29 is 9.13 Å². The standard InChI is InChI=1S/C20H20FN5O/c1-11-19(26-15-5-13-6-16(26)8-14(7-15)25-13)23-10-24-20(11)27-18-3-2-12(9-22)4-17(18)21/h2-4,10,13-16,25H,5-8H2,1H3. The van der Waals surface area contributed by atoms with Crippen molar-refractivity contribution in [2.45, 2.75) is 56.8 Å². The van der Waals surface area contributed by atoms with Gasteiger partial charge in [0.05, 0.1) is 17.2 Å². The zero-order valence-corrected chi connectivity index (χ0v) is 15.0. The van der Waals surface area contributed by atoms with Gasteiger partial charge < -0.3 is 15.0 Å². The second kappa shape index (κ2) is 6.17. The lowest BCUT2D eigenvalue weighted by atomic mass is 9.74. The fourth-order valence-corrected chi connectivity index (χ4v) is 4.95. The van der Waals surface area contributed by atoms with E-state index in [9.17, 15) is 4.39 Å². The van der Waals surface area contributed by atoms with Gasteiger partial charge in [0.1, 0.15) is 12.1 Å². The van der Waals surface area contributed by atoms with Crippen molar-refractivity contribution in [3.8, 4) is 17.7 Å². The molecule has 6 rings (SSSR count). The summed E-state index contributed by atoms with van der Waals surface area (Å²) in [5, 5.41) is 12.6. The number of benzene rings is 1. The highest BCUT2D eigenvalue weighted by molar-refractivity contribution is 5.54. The minimum atomic E-state index is -0.574. The van der Waals surface area contributed by atoms with Crippen LogP contribution in [-0.4, -0.2) is 34.1 Å². The van der Waals surface area contributed by atoms with Crippen molar-refractivity contribution in [3.05, 3.63) is 41.5 Å². The van der Waals surface area contributed by atoms with E-state index in [2.05, 4.69) is 20.2 Å². The Morgan fingerprint density at radius 1 is 1.19 bits per heavy atom. The molecule has 0 radical (unpaired) electrons. The van der Waals surface area contributed by atoms with E-state index in [1.807, 2.05) is 13.0 Å². The first kappa shape index (κ1) is 16.5. The normalized spacial score (nSPS) is 28.3. The van der Waals surface area contributed by atoms with Crippen LogP contribution in [0.15, 0.2) is 24.5 Å². The minimum absolute atomic E-state index is 0.0611. The first-order valence-electron chi connectivity index (χ1n) is 9.36. The predicted octanol–water partition coefficient (Wildman–Crippen LogP) is 3.06. The highest BCUT2D eigenvalue weighted by Gasteiger charge is 2.47. The zero-order valence-electron chi connectivity index (χ0n) is 15.0. The second-order valence-electron chi connectivity index (χ2n) is 7.70. The molecule has 4 aliphatic rings. The van der Waals surface area contributed by atoms with Crippen LogP contribution in [0.3, 0.4) is 0 Å². The third-order valence-electron chi connectivity index (χ3n) is 6.01. The van der Waals surface area contributed by atoms with Crippen LogP contribution in [0, 0.1) is 24.1 Å². The van der Waals surface area contributed by atoms with Crippen LogP contribution < -0.4 is 15.0 Å². The van der Waals surface area contributed by atoms with Gasteiger partial charge in [-0.05, 0) is 50.8 Å². The van der Waals surface area contributed by atoms with Crippen LogP contribution in [0.4, 0.5) is 10.2 Å². The second-order valence-corrected chi connectivity index (χ2v) is 7.70. The smallest absolute Gasteiger partial charge is 0.227 e. The average molecular weight is 365 g/mol. The molecule has 2 aromatic rings. The summed E-state index contributed by atoms with van der Waals surface area (Å²) in [4.78, 5) is 11.2. The third-order valence-corrected chi connectivity index (χ3v) is 6.01. The van der Waals surface area contributed by atoms with E-state index in [-0.39, 0.29) is 11.3 Å². The summed E-state index contributed by atoms with van der Waals surface area (Å²) in [6.45, 7) is 1.93. The number of aromatic nitrogens is 2. The number of nitrogens with zero attached hydrogens (tertiary/aromatic N) is 4. The number of nitriles is 1. The molecule has 1 N–H and O–H groups in total. The molecule has 27 heavy (non-hydrogen) atoms. The molecule has 0 saturated carbocycles. The van der Waals surface area contributed by atoms with Crippen LogP contribution in [0.2, 0.25) is 0 Å². The molecule has 0 amide bonds. The molecule has 0 aliphatic carbocycles. The van der Waals surface area contributed by atoms with Gasteiger partial charge in [0.15, 0.2) is 11.6 Å². The van der Waals surface area contributed by atoms with Crippen LogP contribution in [0.1, 0.15) is 36.8 Å². The first-order chi connectivity index (χ1) is 13.1. The van der Waals surface area contributed by atoms with Gasteiger partial charge in [-0.3, -0.25) is 0 Å². The SMILES string of the molecule is Cc1c(Oc2ccc(C#N)cc2F)ncnc1N1C2CC3CC1CC(C2)N3. The molecule has 4 saturated heterocycles. The summed E-state index contributed by atoms with van der Waals surface area (Å²) in [5.41, 5.74) is 1.08. The third kappa shape index (κ3) is 2.72. The molecule has 6 nitrogen and oxygen atoms in total. The number of nitrogens with one attached hydrogen (secondary N) is 1. The maximum Gasteiger partial charge on any atom is 0.227 e. The molecule has 4 fully saturated rings. The molecule has 138 valence electrons. The van der Waals surface area contributed by atoms with Crippen molar-refractivity contribution >= 4 is 5.82 Å². The molecule has 0 atom stereocenters. The van der Waals surface area contributed by atoms with E-state index in [0.29, 0.717) is 30.0 Å². The number of rotatable bonds is 3. The summed E-state index contributed by atoms with van der Waals surface area (Å²) >= 11 is 0. The van der Waals surface area contributed by atoms with Crippen LogP contribution >= 0.6 is 0 Å². The number of piperidine rings is 4. The van der Waals surface area contributed by atoms with Gasteiger partial charge in [-0.15, -0.1) is 0 Å². The lowest BCUT2D eigenvalue weighted by molar-refractivity contribution is 0.133. The quantitative estimate of drug-likeness (QED) is 0.901. The molecule has 1 aromatic carbocycles. The number of hydrogen-bond acceptors (Lipinski definition) is 6. The van der Waals surface area contributed by atoms with Gasteiger partial charge in [-0.1, -0.05) is 0 Å². The van der Waals surface area contributed by atoms with Crippen molar-refractivity contribution in [3.63, 3.8) is 0 Å². The lowest BCUT2D eigenvalue weighted by Gasteiger charge is -2.57. The largest absolute Gasteiger partial charge is 0.435 e. The Bertz CT molecular complexity index is 912. The van der Waals surface area contributed by atoms with Gasteiger partial charge in [0, 0.05) is 24.2 Å². The van der Waals surface area contributed by atoms with Crippen LogP contribution in [0.5, 0.6) is 11.6 Å². The Kier molecular flexibility index (Phi) is 3.76. The highest BCUT2D eigenvalue weighted by atomic mass is 19.1. The molecule has 4 aliphatic heterocycles. The van der Waals surface area contributed by atoms with E-state index in [1.54, 1.807) is 0 Å². The Labute approximate surface area is 157 Å². The maximum absolute atomic E-state index is 14.2. The summed E-state index contributed by atoms with van der Waals surface area (Å²) in [5.74, 6) is 0.735. The number of anilines is 1. The van der Waals surface area contributed by atoms with E-state index in [1.165, 1.54) is 24.5 Å². The monoisotopic (exact) mass is 365 g/mol. The highest BCUT2D eigenvalue weighted by Crippen LogP contribution is 2.43. The van der Waals surface area contributed by atoms with Crippen LogP contribution in [-0.2, 0) is 0 Å². The summed E-state index contributed by atoms with van der Waals surface area (Å²) in [7, 11) is 0. The van der Waals surface area contributed by atoms with Gasteiger partial charge in [0.25, 0.3) is 0 Å². The summed E-state index contributed by atoms with van der Waals surface area (Å²) in [6.07, 6.45) is 6.03. The van der Waals surface area contributed by atoms with E-state index < -0.39 is 5.82 Å². The molecular weight excluding hydrogens is 345 g/mol. The molecule has 0 unspecified atom stereocenters.